The van der Waals surface area contributed by atoms with E-state index < -0.39 is 23.4 Å². The van der Waals surface area contributed by atoms with Gasteiger partial charge in [-0.3, -0.25) is 0 Å². The van der Waals surface area contributed by atoms with Gasteiger partial charge in [-0.15, -0.1) is 0 Å². The van der Waals surface area contributed by atoms with E-state index in [-0.39, 0.29) is 12.4 Å². The van der Waals surface area contributed by atoms with Crippen LogP contribution in [0.25, 0.3) is 0 Å². The van der Waals surface area contributed by atoms with E-state index in [1.807, 2.05) is 0 Å². The van der Waals surface area contributed by atoms with Crippen LogP contribution in [0.3, 0.4) is 0 Å². The molecule has 0 aliphatic carbocycles. The van der Waals surface area contributed by atoms with Gasteiger partial charge in [0.15, 0.2) is 0 Å². The molecule has 0 saturated heterocycles. The van der Waals surface area contributed by atoms with E-state index >= 15 is 0 Å². The summed E-state index contributed by atoms with van der Waals surface area (Å²) in [6.45, 7) is 1.53. The zero-order valence-corrected chi connectivity index (χ0v) is 9.66. The van der Waals surface area contributed by atoms with Crippen LogP contribution in [-0.2, 0) is 6.18 Å². The summed E-state index contributed by atoms with van der Waals surface area (Å²) in [5.74, 6) is 0.0299. The molecule has 3 nitrogen and oxygen atoms in total. The van der Waals surface area contributed by atoms with Gasteiger partial charge in [0.25, 0.3) is 0 Å². The van der Waals surface area contributed by atoms with Gasteiger partial charge in [0, 0.05) is 13.0 Å². The van der Waals surface area contributed by atoms with Crippen LogP contribution >= 0.6 is 0 Å². The molecule has 18 heavy (non-hydrogen) atoms. The Balaban J connectivity index is 3.01. The third-order valence-corrected chi connectivity index (χ3v) is 2.29. The van der Waals surface area contributed by atoms with E-state index in [1.165, 1.54) is 12.1 Å². The molecule has 0 saturated carbocycles. The van der Waals surface area contributed by atoms with Crippen LogP contribution in [0.2, 0.25) is 0 Å². The van der Waals surface area contributed by atoms with E-state index in [0.29, 0.717) is 6.42 Å². The number of hydrogen-bond donors (Lipinski definition) is 1. The molecule has 1 aromatic carbocycles. The molecule has 0 bridgehead atoms. The minimum Gasteiger partial charge on any atom is -0.491 e. The van der Waals surface area contributed by atoms with Crippen LogP contribution in [0.5, 0.6) is 5.75 Å². The highest BCUT2D eigenvalue weighted by Crippen LogP contribution is 2.34. The molecule has 6 heteroatoms. The van der Waals surface area contributed by atoms with Crippen LogP contribution in [-0.4, -0.2) is 17.8 Å². The molecule has 1 unspecified atom stereocenters. The Bertz CT molecular complexity index is 452. The summed E-state index contributed by atoms with van der Waals surface area (Å²) < 4.78 is 43.2. The third-order valence-electron chi connectivity index (χ3n) is 2.29. The number of alkyl halides is 3. The van der Waals surface area contributed by atoms with Gasteiger partial charge in [0.05, 0.1) is 23.3 Å². The molecule has 0 amide bonds. The number of hydrogen-bond acceptors (Lipinski definition) is 3. The molecule has 98 valence electrons. The summed E-state index contributed by atoms with van der Waals surface area (Å²) in [7, 11) is 0. The van der Waals surface area contributed by atoms with Gasteiger partial charge < -0.3 is 9.84 Å². The molecule has 1 atom stereocenters. The van der Waals surface area contributed by atoms with E-state index in [4.69, 9.17) is 15.1 Å². The zero-order valence-electron chi connectivity index (χ0n) is 9.66. The lowest BCUT2D eigenvalue weighted by atomic mass is 10.1. The van der Waals surface area contributed by atoms with Crippen molar-refractivity contribution in [1.29, 1.82) is 5.26 Å². The smallest absolute Gasteiger partial charge is 0.417 e. The Morgan fingerprint density at radius 3 is 2.61 bits per heavy atom. The van der Waals surface area contributed by atoms with Crippen LogP contribution in [0, 0.1) is 11.3 Å². The van der Waals surface area contributed by atoms with Crippen LogP contribution < -0.4 is 4.74 Å². The minimum absolute atomic E-state index is 0.0299. The van der Waals surface area contributed by atoms with Crippen LogP contribution in [0.1, 0.15) is 24.5 Å². The average molecular weight is 259 g/mol. The maximum atomic E-state index is 12.7. The van der Waals surface area contributed by atoms with Crippen LogP contribution in [0.15, 0.2) is 18.2 Å². The molecule has 0 radical (unpaired) electrons. The van der Waals surface area contributed by atoms with E-state index in [9.17, 15) is 13.2 Å². The number of nitrogens with zero attached hydrogens (tertiary/aromatic N) is 1. The average Bonchev–Trinajstić information content (AvgIpc) is 2.28. The topological polar surface area (TPSA) is 53.2 Å². The van der Waals surface area contributed by atoms with E-state index in [0.717, 1.165) is 12.1 Å². The van der Waals surface area contributed by atoms with Crippen molar-refractivity contribution in [3.8, 4) is 11.8 Å². The molecular weight excluding hydrogens is 247 g/mol. The SMILES string of the molecule is CC(CCO)Oc1ccc(C#N)c(C(F)(F)F)c1. The molecule has 0 fully saturated rings. The second-order valence-corrected chi connectivity index (χ2v) is 3.76. The van der Waals surface area contributed by atoms with Crippen molar-refractivity contribution in [1.82, 2.24) is 0 Å². The second kappa shape index (κ2) is 5.74. The lowest BCUT2D eigenvalue weighted by molar-refractivity contribution is -0.137. The summed E-state index contributed by atoms with van der Waals surface area (Å²) in [6, 6.07) is 4.67. The van der Waals surface area contributed by atoms with Crippen molar-refractivity contribution in [3.05, 3.63) is 29.3 Å². The molecule has 1 aromatic rings. The highest BCUT2D eigenvalue weighted by molar-refractivity contribution is 5.44. The molecular formula is C12H12F3NO2. The van der Waals surface area contributed by atoms with Gasteiger partial charge in [-0.2, -0.15) is 18.4 Å². The summed E-state index contributed by atoms with van der Waals surface area (Å²) in [5.41, 5.74) is -1.46. The van der Waals surface area contributed by atoms with Crippen molar-refractivity contribution < 1.29 is 23.0 Å². The fourth-order valence-corrected chi connectivity index (χ4v) is 1.40. The number of benzene rings is 1. The predicted octanol–water partition coefficient (Wildman–Crippen LogP) is 2.73. The lowest BCUT2D eigenvalue weighted by Crippen LogP contribution is -2.14. The summed E-state index contributed by atoms with van der Waals surface area (Å²) in [4.78, 5) is 0. The van der Waals surface area contributed by atoms with E-state index in [2.05, 4.69) is 0 Å². The van der Waals surface area contributed by atoms with Crippen molar-refractivity contribution in [2.45, 2.75) is 25.6 Å². The second-order valence-electron chi connectivity index (χ2n) is 3.76. The van der Waals surface area contributed by atoms with Crippen molar-refractivity contribution in [3.63, 3.8) is 0 Å². The van der Waals surface area contributed by atoms with Crippen molar-refractivity contribution in [2.24, 2.45) is 0 Å². The van der Waals surface area contributed by atoms with Gasteiger partial charge in [0.2, 0.25) is 0 Å². The van der Waals surface area contributed by atoms with Gasteiger partial charge in [-0.25, -0.2) is 0 Å². The Morgan fingerprint density at radius 1 is 1.44 bits per heavy atom. The number of aliphatic hydroxyl groups excluding tert-OH is 1. The number of nitriles is 1. The maximum Gasteiger partial charge on any atom is 0.417 e. The Labute approximate surface area is 102 Å². The Morgan fingerprint density at radius 2 is 2.11 bits per heavy atom. The van der Waals surface area contributed by atoms with Crippen LogP contribution in [0.4, 0.5) is 13.2 Å². The fraction of sp³-hybridized carbons (Fsp3) is 0.417. The Kier molecular flexibility index (Phi) is 4.56. The first kappa shape index (κ1) is 14.3. The highest BCUT2D eigenvalue weighted by atomic mass is 19.4. The molecule has 1 rings (SSSR count). The Hall–Kier alpha value is -1.74. The minimum atomic E-state index is -4.59. The maximum absolute atomic E-state index is 12.7. The molecule has 0 aliphatic heterocycles. The first-order valence-electron chi connectivity index (χ1n) is 5.27. The molecule has 0 aromatic heterocycles. The van der Waals surface area contributed by atoms with Crippen molar-refractivity contribution in [2.75, 3.05) is 6.61 Å². The molecule has 1 N–H and O–H groups in total. The summed E-state index contributed by atoms with van der Waals surface area (Å²) in [5, 5.41) is 17.3. The van der Waals surface area contributed by atoms with Gasteiger partial charge >= 0.3 is 6.18 Å². The highest BCUT2D eigenvalue weighted by Gasteiger charge is 2.34. The molecule has 0 spiro atoms. The summed E-state index contributed by atoms with van der Waals surface area (Å²) >= 11 is 0. The first-order chi connectivity index (χ1) is 8.38. The largest absolute Gasteiger partial charge is 0.491 e. The quantitative estimate of drug-likeness (QED) is 0.904. The number of rotatable bonds is 4. The number of ether oxygens (including phenoxy) is 1. The number of halogens is 3. The molecule has 0 aliphatic rings. The van der Waals surface area contributed by atoms with Gasteiger partial charge in [0.1, 0.15) is 5.75 Å². The van der Waals surface area contributed by atoms with Gasteiger partial charge in [-0.1, -0.05) is 0 Å². The monoisotopic (exact) mass is 259 g/mol. The zero-order chi connectivity index (χ0) is 13.8. The normalized spacial score (nSPS) is 12.9. The molecule has 0 heterocycles. The van der Waals surface area contributed by atoms with E-state index in [1.54, 1.807) is 6.92 Å². The third kappa shape index (κ3) is 3.64. The first-order valence-corrected chi connectivity index (χ1v) is 5.27. The number of aliphatic hydroxyl groups is 1. The standard InChI is InChI=1S/C12H12F3NO2/c1-8(4-5-17)18-10-3-2-9(7-16)11(6-10)12(13,14)15/h2-3,6,8,17H,4-5H2,1H3. The summed E-state index contributed by atoms with van der Waals surface area (Å²) in [6.07, 6.45) is -4.67. The van der Waals surface area contributed by atoms with Gasteiger partial charge in [-0.05, 0) is 25.1 Å². The van der Waals surface area contributed by atoms with Crippen molar-refractivity contribution >= 4 is 0 Å². The predicted molar refractivity (Wildman–Crippen MR) is 58.0 cm³/mol. The fourth-order valence-electron chi connectivity index (χ4n) is 1.40. The lowest BCUT2D eigenvalue weighted by Gasteiger charge is -2.15.